The summed E-state index contributed by atoms with van der Waals surface area (Å²) in [5.41, 5.74) is 0. The van der Waals surface area contributed by atoms with E-state index >= 15 is 0 Å². The summed E-state index contributed by atoms with van der Waals surface area (Å²) in [6, 6.07) is 0. The van der Waals surface area contributed by atoms with Crippen LogP contribution in [0.4, 0.5) is 0 Å². The Morgan fingerprint density at radius 3 is 1.23 bits per heavy atom. The number of carbonyl (C=O) groups excluding carboxylic acids is 4. The summed E-state index contributed by atoms with van der Waals surface area (Å²) in [6.07, 6.45) is 7.51. The van der Waals surface area contributed by atoms with Gasteiger partial charge in [-0.15, -0.1) is 0 Å². The molecule has 0 aromatic heterocycles. The van der Waals surface area contributed by atoms with Gasteiger partial charge in [0.05, 0.1) is 26.4 Å². The van der Waals surface area contributed by atoms with Gasteiger partial charge in [0.25, 0.3) is 0 Å². The van der Waals surface area contributed by atoms with E-state index in [1.165, 1.54) is 0 Å². The van der Waals surface area contributed by atoms with E-state index in [1.807, 2.05) is 6.92 Å². The minimum Gasteiger partial charge on any atom is -0.462 e. The van der Waals surface area contributed by atoms with E-state index in [0.717, 1.165) is 64.2 Å². The summed E-state index contributed by atoms with van der Waals surface area (Å²) in [5.74, 6) is -2.32. The minimum atomic E-state index is -4.88. The van der Waals surface area contributed by atoms with Crippen molar-refractivity contribution in [1.82, 2.24) is 0 Å². The summed E-state index contributed by atoms with van der Waals surface area (Å²) >= 11 is 0. The van der Waals surface area contributed by atoms with Crippen molar-refractivity contribution in [2.24, 2.45) is 0 Å². The molecule has 0 aliphatic rings. The number of rotatable bonds is 35. The van der Waals surface area contributed by atoms with Gasteiger partial charge in [0.15, 0.2) is 12.2 Å². The first-order valence-corrected chi connectivity index (χ1v) is 21.8. The van der Waals surface area contributed by atoms with Gasteiger partial charge in [-0.05, 0) is 19.3 Å². The molecule has 0 saturated carbocycles. The zero-order valence-corrected chi connectivity index (χ0v) is 33.7. The summed E-state index contributed by atoms with van der Waals surface area (Å²) in [4.78, 5) is 68.5. The van der Waals surface area contributed by atoms with Gasteiger partial charge in [0.1, 0.15) is 19.3 Å². The number of hydrogen-bond acceptors (Lipinski definition) is 15. The molecule has 0 fully saturated rings. The third-order valence-corrected chi connectivity index (χ3v) is 9.31. The molecule has 0 bridgehead atoms. The Labute approximate surface area is 314 Å². The molecule has 0 aromatic carbocycles. The molecule has 17 nitrogen and oxygen atoms in total. The van der Waals surface area contributed by atoms with Crippen LogP contribution in [0.15, 0.2) is 0 Å². The molecule has 0 heterocycles. The number of phosphoric ester groups is 2. The predicted molar refractivity (Wildman–Crippen MR) is 192 cm³/mol. The average Bonchev–Trinajstić information content (AvgIpc) is 3.12. The van der Waals surface area contributed by atoms with Crippen molar-refractivity contribution in [1.29, 1.82) is 0 Å². The number of esters is 4. The van der Waals surface area contributed by atoms with Gasteiger partial charge in [-0.25, -0.2) is 9.13 Å². The van der Waals surface area contributed by atoms with Gasteiger partial charge in [-0.1, -0.05) is 91.9 Å². The second kappa shape index (κ2) is 31.3. The number of unbranched alkanes of at least 4 members (excludes halogenated alkanes) is 10. The molecule has 0 aromatic rings. The molecular formula is C34H64O17P2. The van der Waals surface area contributed by atoms with Crippen LogP contribution in [0.2, 0.25) is 0 Å². The molecule has 0 saturated heterocycles. The number of carbonyl (C=O) groups is 4. The Bertz CT molecular complexity index is 1110. The zero-order chi connectivity index (χ0) is 40.0. The molecule has 5 atom stereocenters. The maximum Gasteiger partial charge on any atom is 0.472 e. The molecule has 0 amide bonds. The smallest absolute Gasteiger partial charge is 0.462 e. The van der Waals surface area contributed by atoms with E-state index in [2.05, 4.69) is 13.8 Å². The lowest BCUT2D eigenvalue weighted by molar-refractivity contribution is -0.161. The molecule has 3 N–H and O–H groups in total. The van der Waals surface area contributed by atoms with Gasteiger partial charge in [0, 0.05) is 25.7 Å². The van der Waals surface area contributed by atoms with Crippen LogP contribution in [0, 0.1) is 0 Å². The van der Waals surface area contributed by atoms with Crippen LogP contribution in [-0.4, -0.2) is 96.7 Å². The Balaban J connectivity index is 4.95. The number of aliphatic hydroxyl groups is 1. The predicted octanol–water partition coefficient (Wildman–Crippen LogP) is 6.24. The van der Waals surface area contributed by atoms with Crippen LogP contribution in [0.5, 0.6) is 0 Å². The Kier molecular flexibility index (Phi) is 30.1. The van der Waals surface area contributed by atoms with Crippen molar-refractivity contribution in [3.8, 4) is 0 Å². The zero-order valence-electron chi connectivity index (χ0n) is 31.9. The lowest BCUT2D eigenvalue weighted by Crippen LogP contribution is -2.30. The van der Waals surface area contributed by atoms with E-state index in [4.69, 9.17) is 37.0 Å². The first kappa shape index (κ1) is 51.1. The Morgan fingerprint density at radius 1 is 0.472 bits per heavy atom. The molecule has 0 aliphatic heterocycles. The van der Waals surface area contributed by atoms with Gasteiger partial charge >= 0.3 is 39.5 Å². The summed E-state index contributed by atoms with van der Waals surface area (Å²) in [6.45, 7) is 3.66. The molecule has 2 unspecified atom stereocenters. The highest BCUT2D eigenvalue weighted by Gasteiger charge is 2.30. The van der Waals surface area contributed by atoms with Crippen molar-refractivity contribution >= 4 is 39.5 Å². The third kappa shape index (κ3) is 31.0. The highest BCUT2D eigenvalue weighted by molar-refractivity contribution is 7.47. The van der Waals surface area contributed by atoms with Crippen molar-refractivity contribution in [3.63, 3.8) is 0 Å². The Morgan fingerprint density at radius 2 is 0.811 bits per heavy atom. The number of aliphatic hydroxyl groups excluding tert-OH is 1. The SMILES string of the molecule is CCCCCCCC(=O)OC[C@H](COP(=O)(O)OC[C@H](O)COP(=O)(O)OC[C@@H](COC(=O)CC)OC(=O)CCCCCCC)OC(=O)CCCCC. The van der Waals surface area contributed by atoms with E-state index in [1.54, 1.807) is 6.92 Å². The molecule has 0 spiro atoms. The van der Waals surface area contributed by atoms with Crippen molar-refractivity contribution in [2.75, 3.05) is 39.6 Å². The van der Waals surface area contributed by atoms with Gasteiger partial charge < -0.3 is 33.8 Å². The average molecular weight is 807 g/mol. The lowest BCUT2D eigenvalue weighted by atomic mass is 10.1. The fourth-order valence-electron chi connectivity index (χ4n) is 4.37. The van der Waals surface area contributed by atoms with Crippen LogP contribution in [0.25, 0.3) is 0 Å². The molecule has 312 valence electrons. The van der Waals surface area contributed by atoms with Gasteiger partial charge in [-0.2, -0.15) is 0 Å². The van der Waals surface area contributed by atoms with Crippen LogP contribution in [0.3, 0.4) is 0 Å². The summed E-state index contributed by atoms with van der Waals surface area (Å²) < 4.78 is 65.0. The molecule has 0 rings (SSSR count). The molecule has 0 aliphatic carbocycles. The molecule has 0 radical (unpaired) electrons. The second-order valence-electron chi connectivity index (χ2n) is 12.5. The number of phosphoric acid groups is 2. The van der Waals surface area contributed by atoms with E-state index in [-0.39, 0.29) is 25.7 Å². The summed E-state index contributed by atoms with van der Waals surface area (Å²) in [7, 11) is -9.76. The van der Waals surface area contributed by atoms with Gasteiger partial charge in [0.2, 0.25) is 0 Å². The van der Waals surface area contributed by atoms with E-state index in [0.29, 0.717) is 19.3 Å². The molecule has 53 heavy (non-hydrogen) atoms. The van der Waals surface area contributed by atoms with Crippen molar-refractivity contribution < 1.29 is 80.2 Å². The monoisotopic (exact) mass is 806 g/mol. The van der Waals surface area contributed by atoms with E-state index in [9.17, 15) is 43.2 Å². The topological polar surface area (TPSA) is 237 Å². The third-order valence-electron chi connectivity index (χ3n) is 7.41. The first-order valence-electron chi connectivity index (χ1n) is 18.8. The standard InChI is InChI=1S/C34H64O17P2/c1-5-9-12-14-17-19-32(37)45-25-30(51-33(38)20-16-11-7-3)27-49-53(42,43)47-23-28(35)22-46-52(40,41)48-26-29(24-44-31(36)8-4)50-34(39)21-18-15-13-10-6-2/h28-30,35H,5-27H2,1-4H3,(H,40,41)(H,42,43)/t28-,29-,30-/m1/s1. The van der Waals surface area contributed by atoms with E-state index < -0.39 is 97.5 Å². The van der Waals surface area contributed by atoms with Crippen LogP contribution < -0.4 is 0 Å². The maximum atomic E-state index is 12.5. The van der Waals surface area contributed by atoms with Crippen LogP contribution in [0.1, 0.15) is 137 Å². The van der Waals surface area contributed by atoms with Gasteiger partial charge in [-0.3, -0.25) is 37.3 Å². The molecule has 19 heteroatoms. The second-order valence-corrected chi connectivity index (χ2v) is 15.4. The van der Waals surface area contributed by atoms with Crippen molar-refractivity contribution in [2.45, 2.75) is 155 Å². The maximum absolute atomic E-state index is 12.5. The highest BCUT2D eigenvalue weighted by atomic mass is 31.2. The highest BCUT2D eigenvalue weighted by Crippen LogP contribution is 2.45. The largest absolute Gasteiger partial charge is 0.472 e. The number of ether oxygens (including phenoxy) is 4. The fourth-order valence-corrected chi connectivity index (χ4v) is 5.95. The Hall–Kier alpha value is -1.94. The van der Waals surface area contributed by atoms with Crippen LogP contribution >= 0.6 is 15.6 Å². The summed E-state index contributed by atoms with van der Waals surface area (Å²) in [5, 5.41) is 10.2. The molecular weight excluding hydrogens is 742 g/mol. The van der Waals surface area contributed by atoms with Crippen LogP contribution in [-0.2, 0) is 65.4 Å². The fraction of sp³-hybridized carbons (Fsp3) is 0.882. The lowest BCUT2D eigenvalue weighted by Gasteiger charge is -2.21. The normalized spacial score (nSPS) is 15.4. The first-order chi connectivity index (χ1) is 25.2. The van der Waals surface area contributed by atoms with Crippen molar-refractivity contribution in [3.05, 3.63) is 0 Å². The minimum absolute atomic E-state index is 0.0498. The number of hydrogen-bond donors (Lipinski definition) is 3. The quantitative estimate of drug-likeness (QED) is 0.0278.